The van der Waals surface area contributed by atoms with E-state index in [-0.39, 0.29) is 12.0 Å². The molecule has 1 amide bonds. The van der Waals surface area contributed by atoms with Gasteiger partial charge < -0.3 is 10.1 Å². The van der Waals surface area contributed by atoms with Crippen molar-refractivity contribution >= 4 is 22.4 Å². The number of fused-ring (bicyclic) bond motifs is 1. The topological polar surface area (TPSA) is 80.2 Å². The van der Waals surface area contributed by atoms with Gasteiger partial charge in [-0.05, 0) is 38.0 Å². The van der Waals surface area contributed by atoms with Gasteiger partial charge in [0.25, 0.3) is 0 Å². The molecule has 144 valence electrons. The van der Waals surface area contributed by atoms with Crippen molar-refractivity contribution in [3.05, 3.63) is 29.2 Å². The first-order valence-corrected chi connectivity index (χ1v) is 10.4. The Morgan fingerprint density at radius 3 is 2.96 bits per heavy atom. The van der Waals surface area contributed by atoms with E-state index in [2.05, 4.69) is 32.1 Å². The summed E-state index contributed by atoms with van der Waals surface area (Å²) in [6.45, 7) is 4.35. The van der Waals surface area contributed by atoms with Crippen molar-refractivity contribution in [2.24, 2.45) is 5.92 Å². The first-order valence-electron chi connectivity index (χ1n) is 9.59. The molecule has 0 aromatic carbocycles. The Morgan fingerprint density at radius 2 is 2.19 bits per heavy atom. The minimum atomic E-state index is 0.0161. The molecule has 8 heteroatoms. The summed E-state index contributed by atoms with van der Waals surface area (Å²) in [5.41, 5.74) is 1.18. The molecule has 27 heavy (non-hydrogen) atoms. The zero-order valence-electron chi connectivity index (χ0n) is 15.6. The van der Waals surface area contributed by atoms with Crippen LogP contribution in [0.25, 0.3) is 0 Å². The molecule has 0 bridgehead atoms. The molecular weight excluding hydrogens is 362 g/mol. The van der Waals surface area contributed by atoms with Gasteiger partial charge in [0.15, 0.2) is 5.13 Å². The van der Waals surface area contributed by atoms with Gasteiger partial charge in [-0.25, -0.2) is 9.97 Å². The van der Waals surface area contributed by atoms with Crippen molar-refractivity contribution in [1.82, 2.24) is 19.9 Å². The third kappa shape index (κ3) is 4.81. The average molecular weight is 388 g/mol. The van der Waals surface area contributed by atoms with Crippen molar-refractivity contribution in [2.75, 3.05) is 25.0 Å². The van der Waals surface area contributed by atoms with Crippen LogP contribution >= 0.6 is 11.3 Å². The number of rotatable bonds is 5. The molecular formula is C19H25N5O2S. The Kier molecular flexibility index (Phi) is 5.63. The van der Waals surface area contributed by atoms with E-state index >= 15 is 0 Å². The number of piperidine rings is 1. The summed E-state index contributed by atoms with van der Waals surface area (Å²) >= 11 is 1.64. The maximum atomic E-state index is 12.4. The van der Waals surface area contributed by atoms with Gasteiger partial charge in [-0.15, -0.1) is 11.3 Å². The summed E-state index contributed by atoms with van der Waals surface area (Å²) in [7, 11) is 0. The van der Waals surface area contributed by atoms with Gasteiger partial charge in [0, 0.05) is 30.4 Å². The van der Waals surface area contributed by atoms with E-state index in [1.807, 2.05) is 0 Å². The van der Waals surface area contributed by atoms with Crippen LogP contribution in [-0.4, -0.2) is 51.5 Å². The summed E-state index contributed by atoms with van der Waals surface area (Å²) in [5, 5.41) is 3.74. The van der Waals surface area contributed by atoms with Crippen LogP contribution in [0.15, 0.2) is 18.6 Å². The Labute approximate surface area is 163 Å². The number of carbonyl (C=O) groups excluding carboxylic acids is 1. The van der Waals surface area contributed by atoms with E-state index in [9.17, 15) is 4.79 Å². The zero-order valence-corrected chi connectivity index (χ0v) is 16.4. The predicted molar refractivity (Wildman–Crippen MR) is 104 cm³/mol. The van der Waals surface area contributed by atoms with Crippen molar-refractivity contribution in [1.29, 1.82) is 0 Å². The van der Waals surface area contributed by atoms with E-state index in [0.29, 0.717) is 18.3 Å². The second-order valence-electron chi connectivity index (χ2n) is 7.42. The number of aromatic nitrogens is 3. The number of thiazole rings is 1. The number of nitrogens with one attached hydrogen (secondary N) is 1. The fraction of sp³-hybridized carbons (Fsp3) is 0.579. The number of hydrogen-bond donors (Lipinski definition) is 1. The number of carbonyl (C=O) groups is 1. The lowest BCUT2D eigenvalue weighted by molar-refractivity contribution is -0.117. The molecule has 1 aliphatic carbocycles. The van der Waals surface area contributed by atoms with Crippen molar-refractivity contribution in [3.63, 3.8) is 0 Å². The SMILES string of the molecule is C[C@@H]1CCc2nc(NC(=O)CN3CCC(Oc4cnccn4)CC3)sc2C1. The van der Waals surface area contributed by atoms with Crippen molar-refractivity contribution in [2.45, 2.75) is 45.1 Å². The highest BCUT2D eigenvalue weighted by atomic mass is 32.1. The summed E-state index contributed by atoms with van der Waals surface area (Å²) < 4.78 is 5.85. The van der Waals surface area contributed by atoms with Crippen molar-refractivity contribution in [3.8, 4) is 5.88 Å². The smallest absolute Gasteiger partial charge is 0.240 e. The Balaban J connectivity index is 1.23. The number of hydrogen-bond acceptors (Lipinski definition) is 7. The van der Waals surface area contributed by atoms with Crippen LogP contribution in [0, 0.1) is 5.92 Å². The van der Waals surface area contributed by atoms with E-state index < -0.39 is 0 Å². The average Bonchev–Trinajstić information content (AvgIpc) is 3.05. The highest BCUT2D eigenvalue weighted by Gasteiger charge is 2.24. The van der Waals surface area contributed by atoms with Crippen LogP contribution in [-0.2, 0) is 17.6 Å². The molecule has 1 aliphatic heterocycles. The fourth-order valence-corrected chi connectivity index (χ4v) is 4.84. The van der Waals surface area contributed by atoms with E-state index in [4.69, 9.17) is 4.74 Å². The van der Waals surface area contributed by atoms with Gasteiger partial charge in [0.1, 0.15) is 6.10 Å². The molecule has 0 saturated carbocycles. The summed E-state index contributed by atoms with van der Waals surface area (Å²) in [6.07, 6.45) is 10.1. The number of nitrogens with zero attached hydrogens (tertiary/aromatic N) is 4. The van der Waals surface area contributed by atoms with Gasteiger partial charge >= 0.3 is 0 Å². The second-order valence-corrected chi connectivity index (χ2v) is 8.51. The lowest BCUT2D eigenvalue weighted by Gasteiger charge is -2.31. The molecule has 3 heterocycles. The van der Waals surface area contributed by atoms with E-state index in [1.54, 1.807) is 29.9 Å². The van der Waals surface area contributed by atoms with Crippen LogP contribution in [0.3, 0.4) is 0 Å². The third-order valence-electron chi connectivity index (χ3n) is 5.16. The molecule has 0 spiro atoms. The van der Waals surface area contributed by atoms with Crippen LogP contribution in [0.2, 0.25) is 0 Å². The van der Waals surface area contributed by atoms with Crippen LogP contribution < -0.4 is 10.1 Å². The summed E-state index contributed by atoms with van der Waals surface area (Å²) in [4.78, 5) is 28.7. The maximum absolute atomic E-state index is 12.4. The first-order chi connectivity index (χ1) is 13.2. The first kappa shape index (κ1) is 18.3. The Morgan fingerprint density at radius 1 is 1.33 bits per heavy atom. The molecule has 2 aromatic rings. The molecule has 7 nitrogen and oxygen atoms in total. The molecule has 1 fully saturated rings. The van der Waals surface area contributed by atoms with Gasteiger partial charge in [0.2, 0.25) is 11.8 Å². The number of anilines is 1. The van der Waals surface area contributed by atoms with Crippen molar-refractivity contribution < 1.29 is 9.53 Å². The molecule has 1 atom stereocenters. The number of likely N-dealkylation sites (tertiary alicyclic amines) is 1. The van der Waals surface area contributed by atoms with Crippen LogP contribution in [0.1, 0.15) is 36.8 Å². The molecule has 1 saturated heterocycles. The third-order valence-corrected chi connectivity index (χ3v) is 6.20. The molecule has 0 unspecified atom stereocenters. The van der Waals surface area contributed by atoms with Gasteiger partial charge in [-0.3, -0.25) is 14.7 Å². The minimum Gasteiger partial charge on any atom is -0.473 e. The lowest BCUT2D eigenvalue weighted by atomic mass is 9.93. The van der Waals surface area contributed by atoms with Gasteiger partial charge in [0.05, 0.1) is 18.4 Å². The van der Waals surface area contributed by atoms with Crippen LogP contribution in [0.4, 0.5) is 5.13 Å². The van der Waals surface area contributed by atoms with Gasteiger partial charge in [-0.2, -0.15) is 0 Å². The summed E-state index contributed by atoms with van der Waals surface area (Å²) in [5.74, 6) is 1.30. The quantitative estimate of drug-likeness (QED) is 0.849. The summed E-state index contributed by atoms with van der Waals surface area (Å²) in [6, 6.07) is 0. The maximum Gasteiger partial charge on any atom is 0.240 e. The highest BCUT2D eigenvalue weighted by Crippen LogP contribution is 2.32. The largest absolute Gasteiger partial charge is 0.473 e. The molecule has 4 rings (SSSR count). The standard InChI is InChI=1S/C19H25N5O2S/c1-13-2-3-15-16(10-13)27-19(22-15)23-17(25)12-24-8-4-14(5-9-24)26-18-11-20-6-7-21-18/h6-7,11,13-14H,2-5,8-10,12H2,1H3,(H,22,23,25)/t13-/m1/s1. The monoisotopic (exact) mass is 387 g/mol. The molecule has 1 N–H and O–H groups in total. The minimum absolute atomic E-state index is 0.0161. The van der Waals surface area contributed by atoms with Gasteiger partial charge in [-0.1, -0.05) is 6.92 Å². The Bertz CT molecular complexity index is 774. The van der Waals surface area contributed by atoms with E-state index in [0.717, 1.165) is 43.9 Å². The zero-order chi connectivity index (χ0) is 18.6. The molecule has 2 aliphatic rings. The predicted octanol–water partition coefficient (Wildman–Crippen LogP) is 2.54. The van der Waals surface area contributed by atoms with Crippen LogP contribution in [0.5, 0.6) is 5.88 Å². The normalized spacial score (nSPS) is 20.9. The van der Waals surface area contributed by atoms with E-state index in [1.165, 1.54) is 17.0 Å². The number of ether oxygens (including phenoxy) is 1. The number of amides is 1. The molecule has 0 radical (unpaired) electrons. The highest BCUT2D eigenvalue weighted by molar-refractivity contribution is 7.15. The second kappa shape index (κ2) is 8.31. The Hall–Kier alpha value is -2.06. The fourth-order valence-electron chi connectivity index (χ4n) is 3.66. The number of aryl methyl sites for hydroxylation is 1. The lowest BCUT2D eigenvalue weighted by Crippen LogP contribution is -2.42. The molecule has 2 aromatic heterocycles.